The molecule has 1 fully saturated rings. The molecule has 1 atom stereocenters. The molecule has 4 nitrogen and oxygen atoms in total. The molecular formula is C14H18FNO3S2. The summed E-state index contributed by atoms with van der Waals surface area (Å²) >= 11 is 1.33. The van der Waals surface area contributed by atoms with E-state index in [2.05, 4.69) is 0 Å². The third-order valence-electron chi connectivity index (χ3n) is 3.49. The molecule has 1 aliphatic heterocycles. The number of rotatable bonds is 5. The molecule has 0 spiro atoms. The van der Waals surface area contributed by atoms with Crippen LogP contribution in [0.5, 0.6) is 0 Å². The molecule has 0 N–H and O–H groups in total. The fraction of sp³-hybridized carbons (Fsp3) is 0.500. The number of nitrogens with zero attached hydrogens (tertiary/aromatic N) is 1. The summed E-state index contributed by atoms with van der Waals surface area (Å²) in [5.41, 5.74) is 0. The zero-order valence-corrected chi connectivity index (χ0v) is 13.4. The van der Waals surface area contributed by atoms with Crippen LogP contribution in [0.1, 0.15) is 13.3 Å². The molecule has 1 amide bonds. The highest BCUT2D eigenvalue weighted by atomic mass is 32.2. The third kappa shape index (κ3) is 4.44. The van der Waals surface area contributed by atoms with E-state index in [0.717, 1.165) is 4.90 Å². The summed E-state index contributed by atoms with van der Waals surface area (Å²) in [5.74, 6) is 0.0713. The SMILES string of the molecule is CCN(C(=O)CSc1ccc(F)cc1)C1CCS(=O)(=O)C1. The van der Waals surface area contributed by atoms with Crippen LogP contribution in [-0.4, -0.2) is 49.1 Å². The zero-order valence-electron chi connectivity index (χ0n) is 11.8. The molecule has 1 saturated heterocycles. The highest BCUT2D eigenvalue weighted by Crippen LogP contribution is 2.22. The first-order valence-electron chi connectivity index (χ1n) is 6.79. The lowest BCUT2D eigenvalue weighted by molar-refractivity contribution is -0.129. The van der Waals surface area contributed by atoms with Gasteiger partial charge in [-0.1, -0.05) is 0 Å². The second-order valence-electron chi connectivity index (χ2n) is 4.98. The van der Waals surface area contributed by atoms with Gasteiger partial charge in [-0.05, 0) is 37.6 Å². The number of amides is 1. The van der Waals surface area contributed by atoms with Gasteiger partial charge in [-0.3, -0.25) is 4.79 Å². The van der Waals surface area contributed by atoms with Crippen molar-refractivity contribution in [1.82, 2.24) is 4.90 Å². The minimum atomic E-state index is -3.00. The van der Waals surface area contributed by atoms with Gasteiger partial charge < -0.3 is 4.90 Å². The topological polar surface area (TPSA) is 54.5 Å². The molecule has 2 rings (SSSR count). The van der Waals surface area contributed by atoms with Crippen molar-refractivity contribution in [3.05, 3.63) is 30.1 Å². The summed E-state index contributed by atoms with van der Waals surface area (Å²) in [4.78, 5) is 14.7. The predicted octanol–water partition coefficient (Wildman–Crippen LogP) is 1.95. The van der Waals surface area contributed by atoms with Gasteiger partial charge in [-0.2, -0.15) is 0 Å². The first-order valence-corrected chi connectivity index (χ1v) is 9.60. The first kappa shape index (κ1) is 16.3. The van der Waals surface area contributed by atoms with Crippen LogP contribution in [-0.2, 0) is 14.6 Å². The summed E-state index contributed by atoms with van der Waals surface area (Å²) in [6.45, 7) is 2.36. The van der Waals surface area contributed by atoms with Crippen molar-refractivity contribution < 1.29 is 17.6 Å². The number of benzene rings is 1. The van der Waals surface area contributed by atoms with Crippen LogP contribution in [0.3, 0.4) is 0 Å². The largest absolute Gasteiger partial charge is 0.338 e. The van der Waals surface area contributed by atoms with Gasteiger partial charge in [-0.25, -0.2) is 12.8 Å². The number of thioether (sulfide) groups is 1. The maximum absolute atomic E-state index is 12.8. The van der Waals surface area contributed by atoms with Crippen LogP contribution in [0, 0.1) is 5.82 Å². The van der Waals surface area contributed by atoms with Gasteiger partial charge in [0.05, 0.1) is 17.3 Å². The van der Waals surface area contributed by atoms with Gasteiger partial charge in [0.1, 0.15) is 5.82 Å². The minimum absolute atomic E-state index is 0.0633. The summed E-state index contributed by atoms with van der Waals surface area (Å²) in [7, 11) is -3.00. The molecule has 0 aromatic heterocycles. The Morgan fingerprint density at radius 3 is 2.57 bits per heavy atom. The zero-order chi connectivity index (χ0) is 15.5. The van der Waals surface area contributed by atoms with Crippen molar-refractivity contribution in [2.24, 2.45) is 0 Å². The lowest BCUT2D eigenvalue weighted by Gasteiger charge is -2.26. The fourth-order valence-electron chi connectivity index (χ4n) is 2.42. The third-order valence-corrected chi connectivity index (χ3v) is 6.23. The van der Waals surface area contributed by atoms with Crippen LogP contribution >= 0.6 is 11.8 Å². The molecule has 21 heavy (non-hydrogen) atoms. The van der Waals surface area contributed by atoms with Crippen LogP contribution in [0.15, 0.2) is 29.2 Å². The van der Waals surface area contributed by atoms with Crippen LogP contribution in [0.4, 0.5) is 4.39 Å². The summed E-state index contributed by atoms with van der Waals surface area (Å²) in [6, 6.07) is 5.76. The highest BCUT2D eigenvalue weighted by molar-refractivity contribution is 8.00. The molecule has 1 unspecified atom stereocenters. The Hall–Kier alpha value is -1.08. The average Bonchev–Trinajstić information content (AvgIpc) is 2.79. The fourth-order valence-corrected chi connectivity index (χ4v) is 4.93. The van der Waals surface area contributed by atoms with Gasteiger partial charge in [0, 0.05) is 17.5 Å². The van der Waals surface area contributed by atoms with E-state index in [9.17, 15) is 17.6 Å². The number of hydrogen-bond donors (Lipinski definition) is 0. The van der Waals surface area contributed by atoms with E-state index in [-0.39, 0.29) is 35.0 Å². The Balaban J connectivity index is 1.93. The van der Waals surface area contributed by atoms with Crippen molar-refractivity contribution in [3.8, 4) is 0 Å². The quantitative estimate of drug-likeness (QED) is 0.774. The molecule has 116 valence electrons. The van der Waals surface area contributed by atoms with E-state index in [0.29, 0.717) is 13.0 Å². The van der Waals surface area contributed by atoms with Gasteiger partial charge >= 0.3 is 0 Å². The maximum atomic E-state index is 12.8. The van der Waals surface area contributed by atoms with Gasteiger partial charge in [0.15, 0.2) is 9.84 Å². The smallest absolute Gasteiger partial charge is 0.233 e. The van der Waals surface area contributed by atoms with Crippen molar-refractivity contribution in [1.29, 1.82) is 0 Å². The summed E-state index contributed by atoms with van der Waals surface area (Å²) in [5, 5.41) is 0. The standard InChI is InChI=1S/C14H18FNO3S2/c1-2-16(12-7-8-21(18,19)10-12)14(17)9-20-13-5-3-11(15)4-6-13/h3-6,12H,2,7-10H2,1H3. The second kappa shape index (κ2) is 6.79. The molecule has 1 aliphatic rings. The monoisotopic (exact) mass is 331 g/mol. The van der Waals surface area contributed by atoms with E-state index in [1.54, 1.807) is 17.0 Å². The lowest BCUT2D eigenvalue weighted by atomic mass is 10.2. The molecule has 0 radical (unpaired) electrons. The Kier molecular flexibility index (Phi) is 5.27. The summed E-state index contributed by atoms with van der Waals surface area (Å²) in [6.07, 6.45) is 0.517. The summed E-state index contributed by atoms with van der Waals surface area (Å²) < 4.78 is 35.8. The van der Waals surface area contributed by atoms with E-state index >= 15 is 0 Å². The van der Waals surface area contributed by atoms with E-state index in [4.69, 9.17) is 0 Å². The molecule has 0 saturated carbocycles. The first-order chi connectivity index (χ1) is 9.91. The maximum Gasteiger partial charge on any atom is 0.233 e. The van der Waals surface area contributed by atoms with E-state index in [1.165, 1.54) is 23.9 Å². The van der Waals surface area contributed by atoms with Crippen LogP contribution in [0.2, 0.25) is 0 Å². The van der Waals surface area contributed by atoms with Crippen LogP contribution in [0.25, 0.3) is 0 Å². The molecule has 1 aromatic carbocycles. The highest BCUT2D eigenvalue weighted by Gasteiger charge is 2.33. The van der Waals surface area contributed by atoms with Gasteiger partial charge in [0.25, 0.3) is 0 Å². The van der Waals surface area contributed by atoms with E-state index in [1.807, 2.05) is 6.92 Å². The molecule has 0 aliphatic carbocycles. The molecule has 0 bridgehead atoms. The van der Waals surface area contributed by atoms with E-state index < -0.39 is 9.84 Å². The van der Waals surface area contributed by atoms with Gasteiger partial charge in [0.2, 0.25) is 5.91 Å². The molecule has 1 heterocycles. The lowest BCUT2D eigenvalue weighted by Crippen LogP contribution is -2.41. The Morgan fingerprint density at radius 1 is 1.38 bits per heavy atom. The molecule has 7 heteroatoms. The molecule has 1 aromatic rings. The Bertz CT molecular complexity index is 601. The van der Waals surface area contributed by atoms with Gasteiger partial charge in [-0.15, -0.1) is 11.8 Å². The number of halogens is 1. The van der Waals surface area contributed by atoms with Crippen molar-refractivity contribution in [2.45, 2.75) is 24.3 Å². The Morgan fingerprint density at radius 2 is 2.05 bits per heavy atom. The second-order valence-corrected chi connectivity index (χ2v) is 8.26. The number of sulfone groups is 1. The number of hydrogen-bond acceptors (Lipinski definition) is 4. The number of carbonyl (C=O) groups excluding carboxylic acids is 1. The molecular weight excluding hydrogens is 313 g/mol. The van der Waals surface area contributed by atoms with Crippen molar-refractivity contribution in [2.75, 3.05) is 23.8 Å². The van der Waals surface area contributed by atoms with Crippen molar-refractivity contribution in [3.63, 3.8) is 0 Å². The normalized spacial score (nSPS) is 20.4. The van der Waals surface area contributed by atoms with Crippen LogP contribution < -0.4 is 0 Å². The predicted molar refractivity (Wildman–Crippen MR) is 81.6 cm³/mol. The average molecular weight is 331 g/mol. The number of carbonyl (C=O) groups is 1. The minimum Gasteiger partial charge on any atom is -0.338 e. The van der Waals surface area contributed by atoms with Crippen molar-refractivity contribution >= 4 is 27.5 Å². The Labute approximate surface area is 128 Å².